The first-order valence-electron chi connectivity index (χ1n) is 10.1. The molecule has 1 heterocycles. The molecule has 0 saturated carbocycles. The maximum absolute atomic E-state index is 12.3. The topological polar surface area (TPSA) is 97.1 Å². The molecule has 0 aliphatic heterocycles. The van der Waals surface area contributed by atoms with E-state index in [0.29, 0.717) is 40.7 Å². The summed E-state index contributed by atoms with van der Waals surface area (Å²) in [5.41, 5.74) is 4.75. The average molecular weight is 426 g/mol. The Morgan fingerprint density at radius 1 is 0.875 bits per heavy atom. The van der Waals surface area contributed by atoms with Gasteiger partial charge in [0, 0.05) is 22.5 Å². The molecule has 160 valence electrons. The van der Waals surface area contributed by atoms with Crippen LogP contribution in [0.2, 0.25) is 0 Å². The highest BCUT2D eigenvalue weighted by Gasteiger charge is 2.11. The van der Waals surface area contributed by atoms with Crippen LogP contribution < -0.4 is 10.6 Å². The fourth-order valence-electron chi connectivity index (χ4n) is 3.13. The van der Waals surface area contributed by atoms with Crippen LogP contribution in [-0.2, 0) is 6.42 Å². The number of ketones is 1. The van der Waals surface area contributed by atoms with Gasteiger partial charge in [0.2, 0.25) is 11.8 Å². The zero-order chi connectivity index (χ0) is 22.5. The zero-order valence-electron chi connectivity index (χ0n) is 17.8. The lowest BCUT2D eigenvalue weighted by Gasteiger charge is -2.08. The lowest BCUT2D eigenvalue weighted by atomic mass is 10.1. The SMILES string of the molecule is CC(=O)c1ccc(NC(=O)Nc2cccc(-c3nnc(Cc4ccc(C)cc4)o3)c2)cc1. The van der Waals surface area contributed by atoms with E-state index in [0.717, 1.165) is 5.56 Å². The molecular formula is C25H22N4O3. The smallest absolute Gasteiger partial charge is 0.323 e. The Kier molecular flexibility index (Phi) is 6.07. The number of benzene rings is 3. The highest BCUT2D eigenvalue weighted by atomic mass is 16.4. The van der Waals surface area contributed by atoms with E-state index in [2.05, 4.69) is 20.8 Å². The number of carbonyl (C=O) groups is 2. The van der Waals surface area contributed by atoms with Gasteiger partial charge in [-0.15, -0.1) is 10.2 Å². The largest absolute Gasteiger partial charge is 0.420 e. The molecule has 0 bridgehead atoms. The van der Waals surface area contributed by atoms with E-state index in [-0.39, 0.29) is 5.78 Å². The molecular weight excluding hydrogens is 404 g/mol. The number of rotatable bonds is 6. The highest BCUT2D eigenvalue weighted by molar-refractivity contribution is 6.00. The summed E-state index contributed by atoms with van der Waals surface area (Å²) >= 11 is 0. The van der Waals surface area contributed by atoms with Gasteiger partial charge in [-0.25, -0.2) is 4.79 Å². The van der Waals surface area contributed by atoms with E-state index < -0.39 is 6.03 Å². The minimum atomic E-state index is -0.400. The monoisotopic (exact) mass is 426 g/mol. The molecule has 3 aromatic carbocycles. The number of amides is 2. The molecule has 4 rings (SSSR count). The molecule has 4 aromatic rings. The van der Waals surface area contributed by atoms with Crippen molar-refractivity contribution in [2.24, 2.45) is 0 Å². The summed E-state index contributed by atoms with van der Waals surface area (Å²) in [6.07, 6.45) is 0.552. The summed E-state index contributed by atoms with van der Waals surface area (Å²) in [7, 11) is 0. The number of aryl methyl sites for hydroxylation is 1. The summed E-state index contributed by atoms with van der Waals surface area (Å²) in [4.78, 5) is 23.7. The van der Waals surface area contributed by atoms with Gasteiger partial charge in [0.1, 0.15) is 0 Å². The first kappa shape index (κ1) is 21.0. The molecule has 2 amide bonds. The molecule has 7 heteroatoms. The van der Waals surface area contributed by atoms with Gasteiger partial charge < -0.3 is 15.1 Å². The fourth-order valence-corrected chi connectivity index (χ4v) is 3.13. The molecule has 2 N–H and O–H groups in total. The third kappa shape index (κ3) is 5.26. The molecule has 0 radical (unpaired) electrons. The first-order valence-corrected chi connectivity index (χ1v) is 10.1. The Hall–Kier alpha value is -4.26. The van der Waals surface area contributed by atoms with Crippen LogP contribution in [-0.4, -0.2) is 22.0 Å². The lowest BCUT2D eigenvalue weighted by molar-refractivity contribution is 0.101. The van der Waals surface area contributed by atoms with Crippen LogP contribution >= 0.6 is 0 Å². The van der Waals surface area contributed by atoms with Gasteiger partial charge in [-0.2, -0.15) is 0 Å². The normalized spacial score (nSPS) is 10.6. The van der Waals surface area contributed by atoms with Crippen molar-refractivity contribution < 1.29 is 14.0 Å². The Bertz CT molecular complexity index is 1240. The van der Waals surface area contributed by atoms with Gasteiger partial charge in [-0.05, 0) is 61.9 Å². The second kappa shape index (κ2) is 9.26. The third-order valence-corrected chi connectivity index (χ3v) is 4.86. The van der Waals surface area contributed by atoms with E-state index in [9.17, 15) is 9.59 Å². The number of nitrogens with one attached hydrogen (secondary N) is 2. The second-order valence-electron chi connectivity index (χ2n) is 7.46. The van der Waals surface area contributed by atoms with Crippen LogP contribution in [0.25, 0.3) is 11.5 Å². The van der Waals surface area contributed by atoms with Crippen molar-refractivity contribution in [3.63, 3.8) is 0 Å². The van der Waals surface area contributed by atoms with Gasteiger partial charge in [-0.3, -0.25) is 4.79 Å². The van der Waals surface area contributed by atoms with Crippen molar-refractivity contribution in [3.8, 4) is 11.5 Å². The second-order valence-corrected chi connectivity index (χ2v) is 7.46. The minimum Gasteiger partial charge on any atom is -0.420 e. The molecule has 0 fully saturated rings. The number of carbonyl (C=O) groups excluding carboxylic acids is 2. The predicted molar refractivity (Wildman–Crippen MR) is 123 cm³/mol. The Morgan fingerprint density at radius 2 is 1.59 bits per heavy atom. The zero-order valence-corrected chi connectivity index (χ0v) is 17.8. The lowest BCUT2D eigenvalue weighted by Crippen LogP contribution is -2.19. The average Bonchev–Trinajstić information content (AvgIpc) is 3.24. The number of hydrogen-bond acceptors (Lipinski definition) is 5. The van der Waals surface area contributed by atoms with Crippen LogP contribution in [0.3, 0.4) is 0 Å². The van der Waals surface area contributed by atoms with Crippen molar-refractivity contribution in [3.05, 3.63) is 95.4 Å². The first-order chi connectivity index (χ1) is 15.5. The summed E-state index contributed by atoms with van der Waals surface area (Å²) in [5, 5.41) is 13.8. The summed E-state index contributed by atoms with van der Waals surface area (Å²) in [6.45, 7) is 3.54. The Balaban J connectivity index is 1.41. The number of hydrogen-bond donors (Lipinski definition) is 2. The molecule has 0 unspecified atom stereocenters. The molecule has 0 aliphatic rings. The third-order valence-electron chi connectivity index (χ3n) is 4.86. The maximum Gasteiger partial charge on any atom is 0.323 e. The highest BCUT2D eigenvalue weighted by Crippen LogP contribution is 2.23. The minimum absolute atomic E-state index is 0.0270. The van der Waals surface area contributed by atoms with Crippen LogP contribution in [0, 0.1) is 6.92 Å². The number of aromatic nitrogens is 2. The van der Waals surface area contributed by atoms with Crippen LogP contribution in [0.1, 0.15) is 34.3 Å². The fraction of sp³-hybridized carbons (Fsp3) is 0.120. The summed E-state index contributed by atoms with van der Waals surface area (Å²) < 4.78 is 5.81. The predicted octanol–water partition coefficient (Wildman–Crippen LogP) is 5.48. The maximum atomic E-state index is 12.3. The molecule has 7 nitrogen and oxygen atoms in total. The number of urea groups is 1. The standard InChI is InChI=1S/C25H22N4O3/c1-16-6-8-18(9-7-16)14-23-28-29-24(32-23)20-4-3-5-22(15-20)27-25(31)26-21-12-10-19(11-13-21)17(2)30/h3-13,15H,14H2,1-2H3,(H2,26,27,31). The van der Waals surface area contributed by atoms with Gasteiger partial charge >= 0.3 is 6.03 Å². The number of nitrogens with zero attached hydrogens (tertiary/aromatic N) is 2. The van der Waals surface area contributed by atoms with E-state index in [1.165, 1.54) is 12.5 Å². The van der Waals surface area contributed by atoms with E-state index in [1.807, 2.05) is 37.3 Å². The summed E-state index contributed by atoms with van der Waals surface area (Å²) in [5.74, 6) is 0.880. The Labute approximate surface area is 185 Å². The number of anilines is 2. The molecule has 32 heavy (non-hydrogen) atoms. The quantitative estimate of drug-likeness (QED) is 0.398. The van der Waals surface area contributed by atoms with Gasteiger partial charge in [0.25, 0.3) is 0 Å². The van der Waals surface area contributed by atoms with Gasteiger partial charge in [0.15, 0.2) is 5.78 Å². The van der Waals surface area contributed by atoms with Crippen molar-refractivity contribution >= 4 is 23.2 Å². The molecule has 0 spiro atoms. The van der Waals surface area contributed by atoms with E-state index >= 15 is 0 Å². The van der Waals surface area contributed by atoms with E-state index in [1.54, 1.807) is 42.5 Å². The van der Waals surface area contributed by atoms with Gasteiger partial charge in [-0.1, -0.05) is 35.9 Å². The van der Waals surface area contributed by atoms with E-state index in [4.69, 9.17) is 4.42 Å². The molecule has 0 aliphatic carbocycles. The van der Waals surface area contributed by atoms with Crippen molar-refractivity contribution in [1.29, 1.82) is 0 Å². The summed E-state index contributed by atoms with van der Waals surface area (Å²) in [6, 6.07) is 21.6. The van der Waals surface area contributed by atoms with Crippen LogP contribution in [0.5, 0.6) is 0 Å². The van der Waals surface area contributed by atoms with Crippen molar-refractivity contribution in [1.82, 2.24) is 10.2 Å². The molecule has 0 atom stereocenters. The van der Waals surface area contributed by atoms with Crippen LogP contribution in [0.4, 0.5) is 16.2 Å². The Morgan fingerprint density at radius 3 is 2.31 bits per heavy atom. The molecule has 0 saturated heterocycles. The van der Waals surface area contributed by atoms with Crippen molar-refractivity contribution in [2.45, 2.75) is 20.3 Å². The number of Topliss-reactive ketones (excluding diaryl/α,β-unsaturated/α-hetero) is 1. The van der Waals surface area contributed by atoms with Gasteiger partial charge in [0.05, 0.1) is 6.42 Å². The van der Waals surface area contributed by atoms with Crippen molar-refractivity contribution in [2.75, 3.05) is 10.6 Å². The molecule has 1 aromatic heterocycles. The van der Waals surface area contributed by atoms with Crippen LogP contribution in [0.15, 0.2) is 77.2 Å².